The first-order valence-corrected chi connectivity index (χ1v) is 5.53. The number of fused-ring (bicyclic) bond motifs is 1. The van der Waals surface area contributed by atoms with Gasteiger partial charge in [-0.15, -0.1) is 12.4 Å². The Hall–Kier alpha value is -1.95. The van der Waals surface area contributed by atoms with Gasteiger partial charge in [-0.05, 0) is 22.9 Å². The Morgan fingerprint density at radius 1 is 1.05 bits per heavy atom. The molecular weight excluding hydrogens is 262 g/mol. The van der Waals surface area contributed by atoms with Crippen LogP contribution >= 0.6 is 12.4 Å². The Kier molecular flexibility index (Phi) is 5.44. The third-order valence-corrected chi connectivity index (χ3v) is 2.36. The van der Waals surface area contributed by atoms with Crippen LogP contribution in [-0.2, 0) is 0 Å². The van der Waals surface area contributed by atoms with Crippen LogP contribution in [0.15, 0.2) is 52.4 Å². The van der Waals surface area contributed by atoms with Crippen LogP contribution in [0.3, 0.4) is 0 Å². The number of aliphatic imine (C=N–C) groups is 2. The second-order valence-electron chi connectivity index (χ2n) is 3.86. The summed E-state index contributed by atoms with van der Waals surface area (Å²) in [6.07, 6.45) is 0.718. The van der Waals surface area contributed by atoms with E-state index in [1.54, 1.807) is 0 Å². The van der Waals surface area contributed by atoms with E-state index in [0.29, 0.717) is 0 Å². The van der Waals surface area contributed by atoms with Crippen molar-refractivity contribution in [3.05, 3.63) is 42.5 Å². The van der Waals surface area contributed by atoms with E-state index in [9.17, 15) is 0 Å². The molecule has 2 aromatic rings. The highest BCUT2D eigenvalue weighted by molar-refractivity contribution is 5.91. The van der Waals surface area contributed by atoms with Gasteiger partial charge in [-0.25, -0.2) is 9.98 Å². The van der Waals surface area contributed by atoms with Gasteiger partial charge in [0.05, 0.1) is 11.9 Å². The van der Waals surface area contributed by atoms with Crippen molar-refractivity contribution in [2.45, 2.75) is 6.17 Å². The number of nitrogens with zero attached hydrogens (tertiary/aromatic N) is 2. The molecule has 0 amide bonds. The minimum atomic E-state index is -0.629. The van der Waals surface area contributed by atoms with Gasteiger partial charge in [0, 0.05) is 6.21 Å². The average Bonchev–Trinajstić information content (AvgIpc) is 2.36. The van der Waals surface area contributed by atoms with Gasteiger partial charge in [-0.2, -0.15) is 0 Å². The Bertz CT molecular complexity index is 607. The number of rotatable bonds is 2. The number of halogens is 1. The van der Waals surface area contributed by atoms with Crippen molar-refractivity contribution in [2.75, 3.05) is 0 Å². The van der Waals surface area contributed by atoms with Crippen LogP contribution in [-0.4, -0.2) is 18.3 Å². The maximum atomic E-state index is 5.64. The van der Waals surface area contributed by atoms with Crippen molar-refractivity contribution in [1.29, 1.82) is 0 Å². The van der Waals surface area contributed by atoms with Crippen molar-refractivity contribution < 1.29 is 0 Å². The summed E-state index contributed by atoms with van der Waals surface area (Å²) in [6, 6.07) is 13.8. The molecule has 0 spiro atoms. The molecule has 0 radical (unpaired) electrons. The van der Waals surface area contributed by atoms with Crippen LogP contribution in [0.2, 0.25) is 0 Å². The fraction of sp³-hybridized carbons (Fsp3) is 0.0769. The third-order valence-electron chi connectivity index (χ3n) is 2.36. The molecule has 0 aliphatic carbocycles. The third kappa shape index (κ3) is 4.33. The van der Waals surface area contributed by atoms with E-state index >= 15 is 0 Å². The van der Waals surface area contributed by atoms with Gasteiger partial charge in [0.2, 0.25) is 5.96 Å². The normalized spacial score (nSPS) is 12.1. The van der Waals surface area contributed by atoms with Crippen molar-refractivity contribution in [3.8, 4) is 0 Å². The maximum absolute atomic E-state index is 5.64. The zero-order valence-corrected chi connectivity index (χ0v) is 11.0. The quantitative estimate of drug-likeness (QED) is 0.440. The highest BCUT2D eigenvalue weighted by Gasteiger charge is 1.95. The summed E-state index contributed by atoms with van der Waals surface area (Å²) in [7, 11) is 0. The molecule has 0 heterocycles. The van der Waals surface area contributed by atoms with Crippen molar-refractivity contribution in [2.24, 2.45) is 27.2 Å². The molecule has 0 fully saturated rings. The summed E-state index contributed by atoms with van der Waals surface area (Å²) in [5, 5.41) is 2.26. The maximum Gasteiger partial charge on any atom is 0.220 e. The lowest BCUT2D eigenvalue weighted by Gasteiger charge is -2.00. The summed E-state index contributed by atoms with van der Waals surface area (Å²) < 4.78 is 0. The SMILES string of the molecule is Cl.NC(N=CC(N)N)=Nc1ccc2ccccc2c1. The van der Waals surface area contributed by atoms with Gasteiger partial charge in [-0.3, -0.25) is 0 Å². The van der Waals surface area contributed by atoms with Gasteiger partial charge >= 0.3 is 0 Å². The van der Waals surface area contributed by atoms with Gasteiger partial charge in [0.25, 0.3) is 0 Å². The number of benzene rings is 2. The fourth-order valence-corrected chi connectivity index (χ4v) is 1.57. The first kappa shape index (κ1) is 15.1. The molecule has 2 rings (SSSR count). The largest absolute Gasteiger partial charge is 0.368 e. The van der Waals surface area contributed by atoms with Crippen LogP contribution in [0, 0.1) is 0 Å². The van der Waals surface area contributed by atoms with Crippen LogP contribution in [0.5, 0.6) is 0 Å². The lowest BCUT2D eigenvalue weighted by atomic mass is 10.1. The average molecular weight is 278 g/mol. The minimum absolute atomic E-state index is 0. The van der Waals surface area contributed by atoms with Gasteiger partial charge in [0.1, 0.15) is 0 Å². The molecule has 6 N–H and O–H groups in total. The highest BCUT2D eigenvalue weighted by Crippen LogP contribution is 2.20. The van der Waals surface area contributed by atoms with Crippen LogP contribution in [0.25, 0.3) is 10.8 Å². The highest BCUT2D eigenvalue weighted by atomic mass is 35.5. The molecule has 6 heteroatoms. The minimum Gasteiger partial charge on any atom is -0.368 e. The second kappa shape index (κ2) is 6.84. The van der Waals surface area contributed by atoms with E-state index in [4.69, 9.17) is 17.2 Å². The summed E-state index contributed by atoms with van der Waals surface area (Å²) in [5.41, 5.74) is 17.0. The van der Waals surface area contributed by atoms with Gasteiger partial charge in [-0.1, -0.05) is 30.3 Å². The van der Waals surface area contributed by atoms with E-state index < -0.39 is 6.17 Å². The summed E-state index contributed by atoms with van der Waals surface area (Å²) >= 11 is 0. The van der Waals surface area contributed by atoms with E-state index in [1.807, 2.05) is 42.5 Å². The molecule has 19 heavy (non-hydrogen) atoms. The van der Waals surface area contributed by atoms with E-state index in [0.717, 1.165) is 16.5 Å². The Balaban J connectivity index is 0.00000180. The van der Waals surface area contributed by atoms with Gasteiger partial charge < -0.3 is 17.2 Å². The van der Waals surface area contributed by atoms with Crippen LogP contribution in [0.1, 0.15) is 0 Å². The number of hydrogen-bond acceptors (Lipinski definition) is 3. The molecule has 0 bridgehead atoms. The summed E-state index contributed by atoms with van der Waals surface area (Å²) in [4.78, 5) is 8.02. The monoisotopic (exact) mass is 277 g/mol. The summed E-state index contributed by atoms with van der Waals surface area (Å²) in [6.45, 7) is 0. The predicted molar refractivity (Wildman–Crippen MR) is 83.1 cm³/mol. The molecule has 0 aliphatic rings. The van der Waals surface area contributed by atoms with Crippen molar-refractivity contribution in [1.82, 2.24) is 0 Å². The Labute approximate surface area is 117 Å². The van der Waals surface area contributed by atoms with Crippen LogP contribution in [0.4, 0.5) is 5.69 Å². The van der Waals surface area contributed by atoms with Crippen molar-refractivity contribution >= 4 is 41.0 Å². The Morgan fingerprint density at radius 2 is 1.74 bits per heavy atom. The van der Waals surface area contributed by atoms with Crippen LogP contribution < -0.4 is 17.2 Å². The predicted octanol–water partition coefficient (Wildman–Crippen LogP) is 1.52. The zero-order valence-electron chi connectivity index (χ0n) is 10.2. The van der Waals surface area contributed by atoms with E-state index in [1.165, 1.54) is 6.21 Å². The summed E-state index contributed by atoms with van der Waals surface area (Å²) in [5.74, 6) is 0.131. The topological polar surface area (TPSA) is 103 Å². The van der Waals surface area contributed by atoms with Gasteiger partial charge in [0.15, 0.2) is 0 Å². The number of nitrogens with two attached hydrogens (primary N) is 3. The molecule has 0 saturated carbocycles. The molecular formula is C13H16ClN5. The molecule has 0 aromatic heterocycles. The molecule has 0 saturated heterocycles. The molecule has 0 atom stereocenters. The smallest absolute Gasteiger partial charge is 0.220 e. The second-order valence-corrected chi connectivity index (χ2v) is 3.86. The molecule has 5 nitrogen and oxygen atoms in total. The standard InChI is InChI=1S/C13H15N5.ClH/c14-12(15)8-17-13(16)18-11-6-5-9-3-1-2-4-10(9)7-11;/h1-8,12H,14-15H2,(H2,16,18);1H. The number of hydrogen-bond donors (Lipinski definition) is 3. The lowest BCUT2D eigenvalue weighted by Crippen LogP contribution is -2.32. The Morgan fingerprint density at radius 3 is 2.42 bits per heavy atom. The molecule has 0 unspecified atom stereocenters. The molecule has 2 aromatic carbocycles. The first-order valence-electron chi connectivity index (χ1n) is 5.53. The molecule has 0 aliphatic heterocycles. The van der Waals surface area contributed by atoms with E-state index in [-0.39, 0.29) is 18.4 Å². The van der Waals surface area contributed by atoms with Crippen molar-refractivity contribution in [3.63, 3.8) is 0 Å². The zero-order chi connectivity index (χ0) is 13.0. The first-order chi connectivity index (χ1) is 8.65. The fourth-order valence-electron chi connectivity index (χ4n) is 1.57. The number of guanidine groups is 1. The van der Waals surface area contributed by atoms with E-state index in [2.05, 4.69) is 9.98 Å². The molecule has 100 valence electrons. The lowest BCUT2D eigenvalue weighted by molar-refractivity contribution is 0.942.